The van der Waals surface area contributed by atoms with Crippen LogP contribution in [0.3, 0.4) is 0 Å². The number of nitrogens with zero attached hydrogens (tertiary/aromatic N) is 1. The summed E-state index contributed by atoms with van der Waals surface area (Å²) in [6.45, 7) is 7.64. The third-order valence-corrected chi connectivity index (χ3v) is 5.71. The van der Waals surface area contributed by atoms with Crippen LogP contribution in [0, 0.1) is 6.92 Å². The lowest BCUT2D eigenvalue weighted by Crippen LogP contribution is -2.50. The Morgan fingerprint density at radius 3 is 2.45 bits per heavy atom. The molecule has 29 heavy (non-hydrogen) atoms. The zero-order valence-electron chi connectivity index (χ0n) is 17.0. The lowest BCUT2D eigenvalue weighted by Gasteiger charge is -2.29. The molecule has 0 aromatic heterocycles. The van der Waals surface area contributed by atoms with Gasteiger partial charge in [0, 0.05) is 21.5 Å². The fourth-order valence-corrected chi connectivity index (χ4v) is 3.45. The van der Waals surface area contributed by atoms with E-state index in [1.807, 2.05) is 57.2 Å². The predicted molar refractivity (Wildman–Crippen MR) is 122 cm³/mol. The van der Waals surface area contributed by atoms with E-state index in [0.29, 0.717) is 12.3 Å². The summed E-state index contributed by atoms with van der Waals surface area (Å²) in [5.41, 5.74) is 1.95. The van der Waals surface area contributed by atoms with Crippen LogP contribution in [0.2, 0.25) is 0 Å². The highest BCUT2D eigenvalue weighted by atomic mass is 79.9. The number of benzene rings is 2. The summed E-state index contributed by atoms with van der Waals surface area (Å²) in [4.78, 5) is 27.1. The number of nitrogens with one attached hydrogen (secondary N) is 1. The average molecular weight is 526 g/mol. The molecule has 0 aliphatic carbocycles. The number of ether oxygens (including phenoxy) is 1. The Balaban J connectivity index is 2.16. The maximum Gasteiger partial charge on any atom is 0.261 e. The standard InChI is InChI=1S/C22H26Br2N2O3/c1-14(2)25-22(28)16(4)26(12-17-6-5-7-18(23)11-17)21(27)13-29-19-8-9-20(24)15(3)10-19/h5-11,14,16H,12-13H2,1-4H3,(H,25,28). The Labute approximate surface area is 189 Å². The van der Waals surface area contributed by atoms with Crippen molar-refractivity contribution in [1.82, 2.24) is 10.2 Å². The number of halogens is 2. The summed E-state index contributed by atoms with van der Waals surface area (Å²) in [5.74, 6) is 0.167. The lowest BCUT2D eigenvalue weighted by atomic mass is 10.1. The highest BCUT2D eigenvalue weighted by Gasteiger charge is 2.27. The van der Waals surface area contributed by atoms with E-state index in [1.54, 1.807) is 17.9 Å². The normalized spacial score (nSPS) is 11.8. The number of amides is 2. The molecule has 0 aliphatic heterocycles. The van der Waals surface area contributed by atoms with Gasteiger partial charge in [-0.25, -0.2) is 0 Å². The quantitative estimate of drug-likeness (QED) is 0.536. The van der Waals surface area contributed by atoms with Crippen LogP contribution in [0.15, 0.2) is 51.4 Å². The van der Waals surface area contributed by atoms with E-state index in [2.05, 4.69) is 37.2 Å². The van der Waals surface area contributed by atoms with E-state index in [0.717, 1.165) is 20.1 Å². The second-order valence-electron chi connectivity index (χ2n) is 7.19. The molecular weight excluding hydrogens is 500 g/mol. The molecule has 2 rings (SSSR count). The Morgan fingerprint density at radius 1 is 1.10 bits per heavy atom. The molecule has 0 spiro atoms. The van der Waals surface area contributed by atoms with E-state index in [-0.39, 0.29) is 24.5 Å². The summed E-state index contributed by atoms with van der Waals surface area (Å²) in [6, 6.07) is 12.6. The molecule has 1 unspecified atom stereocenters. The van der Waals surface area contributed by atoms with Gasteiger partial charge in [0.2, 0.25) is 5.91 Å². The van der Waals surface area contributed by atoms with Crippen molar-refractivity contribution in [1.29, 1.82) is 0 Å². The molecule has 0 radical (unpaired) electrons. The van der Waals surface area contributed by atoms with Crippen LogP contribution in [-0.2, 0) is 16.1 Å². The molecule has 0 saturated heterocycles. The molecule has 5 nitrogen and oxygen atoms in total. The fraction of sp³-hybridized carbons (Fsp3) is 0.364. The minimum absolute atomic E-state index is 0.00485. The number of hydrogen-bond donors (Lipinski definition) is 1. The molecular formula is C22H26Br2N2O3. The van der Waals surface area contributed by atoms with Gasteiger partial charge in [-0.3, -0.25) is 9.59 Å². The first kappa shape index (κ1) is 23.4. The maximum absolute atomic E-state index is 13.0. The van der Waals surface area contributed by atoms with Crippen LogP contribution in [0.25, 0.3) is 0 Å². The minimum Gasteiger partial charge on any atom is -0.484 e. The molecule has 1 N–H and O–H groups in total. The van der Waals surface area contributed by atoms with E-state index in [4.69, 9.17) is 4.74 Å². The minimum atomic E-state index is -0.626. The van der Waals surface area contributed by atoms with Crippen LogP contribution >= 0.6 is 31.9 Å². The summed E-state index contributed by atoms with van der Waals surface area (Å²) < 4.78 is 7.60. The number of aryl methyl sites for hydroxylation is 1. The smallest absolute Gasteiger partial charge is 0.261 e. The van der Waals surface area contributed by atoms with Crippen molar-refractivity contribution < 1.29 is 14.3 Å². The van der Waals surface area contributed by atoms with Gasteiger partial charge in [-0.05, 0) is 69.2 Å². The molecule has 0 fully saturated rings. The Hall–Kier alpha value is -1.86. The second-order valence-corrected chi connectivity index (χ2v) is 8.96. The molecule has 0 aliphatic rings. The third-order valence-electron chi connectivity index (χ3n) is 4.33. The van der Waals surface area contributed by atoms with Crippen LogP contribution in [0.5, 0.6) is 5.75 Å². The first-order valence-corrected chi connectivity index (χ1v) is 11.0. The highest BCUT2D eigenvalue weighted by Crippen LogP contribution is 2.22. The van der Waals surface area contributed by atoms with E-state index >= 15 is 0 Å². The topological polar surface area (TPSA) is 58.6 Å². The first-order valence-electron chi connectivity index (χ1n) is 9.40. The van der Waals surface area contributed by atoms with Gasteiger partial charge in [-0.1, -0.05) is 44.0 Å². The van der Waals surface area contributed by atoms with Crippen molar-refractivity contribution in [2.45, 2.75) is 46.3 Å². The van der Waals surface area contributed by atoms with Gasteiger partial charge in [-0.2, -0.15) is 0 Å². The van der Waals surface area contributed by atoms with E-state index in [1.165, 1.54) is 0 Å². The van der Waals surface area contributed by atoms with Gasteiger partial charge in [0.15, 0.2) is 6.61 Å². The Morgan fingerprint density at radius 2 is 1.83 bits per heavy atom. The SMILES string of the molecule is Cc1cc(OCC(=O)N(Cc2cccc(Br)c2)C(C)C(=O)NC(C)C)ccc1Br. The maximum atomic E-state index is 13.0. The van der Waals surface area contributed by atoms with E-state index < -0.39 is 6.04 Å². The van der Waals surface area contributed by atoms with Gasteiger partial charge >= 0.3 is 0 Å². The van der Waals surface area contributed by atoms with Gasteiger partial charge in [0.1, 0.15) is 11.8 Å². The number of rotatable bonds is 8. The lowest BCUT2D eigenvalue weighted by molar-refractivity contribution is -0.142. The third kappa shape index (κ3) is 7.16. The van der Waals surface area contributed by atoms with Gasteiger partial charge < -0.3 is 15.0 Å². The predicted octanol–water partition coefficient (Wildman–Crippen LogP) is 4.84. The number of carbonyl (C=O) groups excluding carboxylic acids is 2. The largest absolute Gasteiger partial charge is 0.484 e. The zero-order valence-corrected chi connectivity index (χ0v) is 20.2. The van der Waals surface area contributed by atoms with Gasteiger partial charge in [0.25, 0.3) is 5.91 Å². The van der Waals surface area contributed by atoms with Crippen molar-refractivity contribution >= 4 is 43.7 Å². The van der Waals surface area contributed by atoms with Crippen molar-refractivity contribution in [3.63, 3.8) is 0 Å². The first-order chi connectivity index (χ1) is 13.7. The molecule has 2 amide bonds. The van der Waals surface area contributed by atoms with Crippen LogP contribution in [0.4, 0.5) is 0 Å². The van der Waals surface area contributed by atoms with Crippen LogP contribution in [-0.4, -0.2) is 35.4 Å². The average Bonchev–Trinajstić information content (AvgIpc) is 2.65. The van der Waals surface area contributed by atoms with Crippen molar-refractivity contribution in [2.75, 3.05) is 6.61 Å². The highest BCUT2D eigenvalue weighted by molar-refractivity contribution is 9.10. The molecule has 156 valence electrons. The summed E-state index contributed by atoms with van der Waals surface area (Å²) in [6.07, 6.45) is 0. The molecule has 0 heterocycles. The molecule has 7 heteroatoms. The Bertz CT molecular complexity index is 871. The van der Waals surface area contributed by atoms with Crippen molar-refractivity contribution in [3.05, 3.63) is 62.5 Å². The fourth-order valence-electron chi connectivity index (χ4n) is 2.75. The summed E-state index contributed by atoms with van der Waals surface area (Å²) >= 11 is 6.90. The molecule has 1 atom stereocenters. The monoisotopic (exact) mass is 524 g/mol. The Kier molecular flexibility index (Phi) is 8.71. The molecule has 2 aromatic carbocycles. The van der Waals surface area contributed by atoms with E-state index in [9.17, 15) is 9.59 Å². The van der Waals surface area contributed by atoms with Crippen molar-refractivity contribution in [2.24, 2.45) is 0 Å². The zero-order chi connectivity index (χ0) is 21.6. The number of hydrogen-bond acceptors (Lipinski definition) is 3. The van der Waals surface area contributed by atoms with Crippen LogP contribution < -0.4 is 10.1 Å². The second kappa shape index (κ2) is 10.8. The van der Waals surface area contributed by atoms with Gasteiger partial charge in [0.05, 0.1) is 0 Å². The summed E-state index contributed by atoms with van der Waals surface area (Å²) in [5, 5.41) is 2.87. The molecule has 0 bridgehead atoms. The van der Waals surface area contributed by atoms with Gasteiger partial charge in [-0.15, -0.1) is 0 Å². The molecule has 2 aromatic rings. The summed E-state index contributed by atoms with van der Waals surface area (Å²) in [7, 11) is 0. The molecule has 0 saturated carbocycles. The number of carbonyl (C=O) groups is 2. The van der Waals surface area contributed by atoms with Crippen molar-refractivity contribution in [3.8, 4) is 5.75 Å². The van der Waals surface area contributed by atoms with Crippen LogP contribution in [0.1, 0.15) is 31.9 Å².